The highest BCUT2D eigenvalue weighted by Gasteiger charge is 2.61. The Hall–Kier alpha value is -3.98. The van der Waals surface area contributed by atoms with Gasteiger partial charge in [-0.1, -0.05) is 121 Å². The maximum atomic E-state index is 13.6. The Kier molecular flexibility index (Phi) is 5.39. The molecule has 0 N–H and O–H groups in total. The molecule has 1 saturated heterocycles. The Morgan fingerprint density at radius 3 is 1.88 bits per heavy atom. The van der Waals surface area contributed by atoms with Gasteiger partial charge in [0.15, 0.2) is 5.66 Å². The number of hydrogen-bond donors (Lipinski definition) is 0. The Labute approximate surface area is 188 Å². The first-order valence-corrected chi connectivity index (χ1v) is 10.9. The lowest BCUT2D eigenvalue weighted by Gasteiger charge is -2.55. The third-order valence-corrected chi connectivity index (χ3v) is 6.05. The molecular weight excluding hydrogens is 392 g/mol. The average molecular weight is 417 g/mol. The molecule has 1 amide bonds. The van der Waals surface area contributed by atoms with Gasteiger partial charge in [-0.2, -0.15) is 0 Å². The highest BCUT2D eigenvalue weighted by Crippen LogP contribution is 2.53. The molecule has 0 saturated carbocycles. The van der Waals surface area contributed by atoms with Gasteiger partial charge in [-0.15, -0.1) is 0 Å². The summed E-state index contributed by atoms with van der Waals surface area (Å²) in [6.45, 7) is 0.504. The van der Waals surface area contributed by atoms with Crippen LogP contribution in [0.3, 0.4) is 0 Å². The monoisotopic (exact) mass is 416 g/mol. The second-order valence-electron chi connectivity index (χ2n) is 8.01. The number of aliphatic imine (C=N–C) groups is 1. The molecule has 4 aromatic rings. The van der Waals surface area contributed by atoms with Crippen molar-refractivity contribution in [1.82, 2.24) is 4.90 Å². The smallest absolute Gasteiger partial charge is 0.237 e. The van der Waals surface area contributed by atoms with Crippen LogP contribution in [-0.4, -0.2) is 17.0 Å². The van der Waals surface area contributed by atoms with Crippen molar-refractivity contribution < 1.29 is 4.79 Å². The number of carbonyl (C=O) groups excluding carboxylic acids is 1. The zero-order chi connectivity index (χ0) is 21.8. The van der Waals surface area contributed by atoms with Gasteiger partial charge in [-0.3, -0.25) is 9.79 Å². The highest BCUT2D eigenvalue weighted by atomic mass is 16.2. The second kappa shape index (κ2) is 8.64. The van der Waals surface area contributed by atoms with Crippen molar-refractivity contribution in [2.24, 2.45) is 4.99 Å². The van der Waals surface area contributed by atoms with E-state index in [2.05, 4.69) is 24.3 Å². The van der Waals surface area contributed by atoms with Crippen LogP contribution in [-0.2, 0) is 17.0 Å². The molecule has 156 valence electrons. The Balaban J connectivity index is 1.67. The molecule has 0 spiro atoms. The van der Waals surface area contributed by atoms with E-state index in [0.29, 0.717) is 6.54 Å². The standard InChI is InChI=1S/C29H24N2O/c32-28-27(25-17-9-3-10-18-25)29(26-19-11-4-12-20-26,30-21-23-13-5-1-6-14-23)31(28)22-24-15-7-2-8-16-24/h1-21,27H,22H2/b30-21+. The number of rotatable bonds is 6. The molecule has 0 bridgehead atoms. The van der Waals surface area contributed by atoms with Crippen molar-refractivity contribution in [1.29, 1.82) is 0 Å². The number of β-lactam (4-membered cyclic amide) rings is 1. The molecule has 5 rings (SSSR count). The molecule has 1 aliphatic rings. The first-order chi connectivity index (χ1) is 15.8. The van der Waals surface area contributed by atoms with Gasteiger partial charge in [0.05, 0.1) is 0 Å². The number of benzene rings is 4. The van der Waals surface area contributed by atoms with Crippen molar-refractivity contribution >= 4 is 12.1 Å². The van der Waals surface area contributed by atoms with Crippen molar-refractivity contribution in [3.63, 3.8) is 0 Å². The SMILES string of the molecule is O=C1C(c2ccccc2)C(/N=C/c2ccccc2)(c2ccccc2)N1Cc1ccccc1. The van der Waals surface area contributed by atoms with Crippen molar-refractivity contribution in [2.45, 2.75) is 18.1 Å². The van der Waals surface area contributed by atoms with Crippen LogP contribution >= 0.6 is 0 Å². The van der Waals surface area contributed by atoms with Crippen molar-refractivity contribution in [3.05, 3.63) is 144 Å². The molecule has 0 aromatic heterocycles. The second-order valence-corrected chi connectivity index (χ2v) is 8.01. The van der Waals surface area contributed by atoms with E-state index in [1.165, 1.54) is 0 Å². The summed E-state index contributed by atoms with van der Waals surface area (Å²) in [5.41, 5.74) is 3.27. The largest absolute Gasteiger partial charge is 0.308 e. The fourth-order valence-corrected chi connectivity index (χ4v) is 4.51. The molecule has 0 radical (unpaired) electrons. The Morgan fingerprint density at radius 1 is 0.719 bits per heavy atom. The quantitative estimate of drug-likeness (QED) is 0.289. The maximum absolute atomic E-state index is 13.6. The molecule has 0 aliphatic carbocycles. The lowest BCUT2D eigenvalue weighted by molar-refractivity contribution is -0.164. The minimum atomic E-state index is -0.814. The molecule has 1 aliphatic heterocycles. The zero-order valence-corrected chi connectivity index (χ0v) is 17.7. The number of nitrogens with zero attached hydrogens (tertiary/aromatic N) is 2. The molecule has 1 fully saturated rings. The fourth-order valence-electron chi connectivity index (χ4n) is 4.51. The molecular formula is C29H24N2O. The zero-order valence-electron chi connectivity index (χ0n) is 17.7. The van der Waals surface area contributed by atoms with Gasteiger partial charge in [0.2, 0.25) is 5.91 Å². The van der Waals surface area contributed by atoms with Crippen molar-refractivity contribution in [3.8, 4) is 0 Å². The predicted octanol–water partition coefficient (Wildman–Crippen LogP) is 5.78. The van der Waals surface area contributed by atoms with E-state index in [9.17, 15) is 4.79 Å². The number of likely N-dealkylation sites (tertiary alicyclic amines) is 1. The van der Waals surface area contributed by atoms with Crippen LogP contribution < -0.4 is 0 Å². The molecule has 2 atom stereocenters. The predicted molar refractivity (Wildman–Crippen MR) is 128 cm³/mol. The van der Waals surface area contributed by atoms with Gasteiger partial charge < -0.3 is 4.90 Å². The van der Waals surface area contributed by atoms with Crippen LogP contribution in [0.1, 0.15) is 28.2 Å². The summed E-state index contributed by atoms with van der Waals surface area (Å²) < 4.78 is 0. The van der Waals surface area contributed by atoms with Crippen molar-refractivity contribution in [2.75, 3.05) is 0 Å². The third-order valence-electron chi connectivity index (χ3n) is 6.05. The van der Waals surface area contributed by atoms with Gasteiger partial charge in [-0.05, 0) is 16.7 Å². The van der Waals surface area contributed by atoms with Crippen LogP contribution in [0.5, 0.6) is 0 Å². The molecule has 4 aromatic carbocycles. The third kappa shape index (κ3) is 3.52. The summed E-state index contributed by atoms with van der Waals surface area (Å²) in [6.07, 6.45) is 1.90. The van der Waals surface area contributed by atoms with E-state index in [1.807, 2.05) is 108 Å². The minimum Gasteiger partial charge on any atom is -0.308 e. The van der Waals surface area contributed by atoms with Crippen LogP contribution in [0.4, 0.5) is 0 Å². The summed E-state index contributed by atoms with van der Waals surface area (Å²) in [5, 5.41) is 0. The van der Waals surface area contributed by atoms with Crippen LogP contribution in [0, 0.1) is 0 Å². The Bertz CT molecular complexity index is 1210. The summed E-state index contributed by atoms with van der Waals surface area (Å²) in [5.74, 6) is -0.288. The summed E-state index contributed by atoms with van der Waals surface area (Å²) in [6, 6.07) is 40.3. The molecule has 3 heteroatoms. The van der Waals surface area contributed by atoms with Gasteiger partial charge in [0, 0.05) is 18.3 Å². The van der Waals surface area contributed by atoms with E-state index >= 15 is 0 Å². The number of hydrogen-bond acceptors (Lipinski definition) is 2. The molecule has 2 unspecified atom stereocenters. The molecule has 32 heavy (non-hydrogen) atoms. The van der Waals surface area contributed by atoms with Gasteiger partial charge >= 0.3 is 0 Å². The topological polar surface area (TPSA) is 32.7 Å². The van der Waals surface area contributed by atoms with Gasteiger partial charge in [0.1, 0.15) is 5.92 Å². The summed E-state index contributed by atoms with van der Waals surface area (Å²) in [7, 11) is 0. The normalized spacial score (nSPS) is 20.3. The lowest BCUT2D eigenvalue weighted by atomic mass is 9.71. The van der Waals surface area contributed by atoms with E-state index in [1.54, 1.807) is 0 Å². The lowest BCUT2D eigenvalue weighted by Crippen LogP contribution is -2.65. The van der Waals surface area contributed by atoms with E-state index in [0.717, 1.165) is 22.3 Å². The average Bonchev–Trinajstić information content (AvgIpc) is 2.87. The molecule has 3 nitrogen and oxygen atoms in total. The van der Waals surface area contributed by atoms with Crippen LogP contribution in [0.2, 0.25) is 0 Å². The fraction of sp³-hybridized carbons (Fsp3) is 0.103. The first kappa shape index (κ1) is 20.0. The molecule has 1 heterocycles. The highest BCUT2D eigenvalue weighted by molar-refractivity contribution is 5.94. The minimum absolute atomic E-state index is 0.0918. The number of carbonyl (C=O) groups is 1. The van der Waals surface area contributed by atoms with Gasteiger partial charge in [-0.25, -0.2) is 0 Å². The number of amides is 1. The van der Waals surface area contributed by atoms with E-state index in [4.69, 9.17) is 4.99 Å². The Morgan fingerprint density at radius 2 is 1.25 bits per heavy atom. The van der Waals surface area contributed by atoms with Gasteiger partial charge in [0.25, 0.3) is 0 Å². The first-order valence-electron chi connectivity index (χ1n) is 10.9. The van der Waals surface area contributed by atoms with E-state index in [-0.39, 0.29) is 11.8 Å². The van der Waals surface area contributed by atoms with Crippen LogP contribution in [0.25, 0.3) is 0 Å². The summed E-state index contributed by atoms with van der Waals surface area (Å²) >= 11 is 0. The maximum Gasteiger partial charge on any atom is 0.237 e. The summed E-state index contributed by atoms with van der Waals surface area (Å²) in [4.78, 5) is 20.7. The van der Waals surface area contributed by atoms with Crippen LogP contribution in [0.15, 0.2) is 126 Å². The van der Waals surface area contributed by atoms with E-state index < -0.39 is 5.66 Å².